The molecule has 0 aliphatic rings. The maximum atomic E-state index is 5.29. The molecule has 15 heavy (non-hydrogen) atoms. The summed E-state index contributed by atoms with van der Waals surface area (Å²) in [4.78, 5) is 5.66. The van der Waals surface area contributed by atoms with Crippen molar-refractivity contribution in [2.45, 2.75) is 12.8 Å². The largest absolute Gasteiger partial charge is 0.462 e. The lowest BCUT2D eigenvalue weighted by Gasteiger charge is -1.95. The zero-order chi connectivity index (χ0) is 10.5. The Morgan fingerprint density at radius 1 is 1.53 bits per heavy atom. The van der Waals surface area contributed by atoms with Crippen molar-refractivity contribution >= 4 is 11.3 Å². The summed E-state index contributed by atoms with van der Waals surface area (Å²) >= 11 is 1.71. The molecule has 0 saturated carbocycles. The SMILES string of the molecule is CNCCCc1cnc(-c2ccco2)s1. The minimum absolute atomic E-state index is 0.861. The van der Waals surface area contributed by atoms with Crippen LogP contribution in [0.3, 0.4) is 0 Å². The molecule has 2 aromatic heterocycles. The van der Waals surface area contributed by atoms with Gasteiger partial charge in [0.05, 0.1) is 6.26 Å². The Balaban J connectivity index is 1.98. The predicted molar refractivity (Wildman–Crippen MR) is 62.1 cm³/mol. The van der Waals surface area contributed by atoms with Crippen molar-refractivity contribution in [2.75, 3.05) is 13.6 Å². The van der Waals surface area contributed by atoms with Crippen molar-refractivity contribution in [1.29, 1.82) is 0 Å². The van der Waals surface area contributed by atoms with Crippen LogP contribution >= 0.6 is 11.3 Å². The smallest absolute Gasteiger partial charge is 0.162 e. The molecular formula is C11H14N2OS. The predicted octanol–water partition coefficient (Wildman–Crippen LogP) is 2.56. The summed E-state index contributed by atoms with van der Waals surface area (Å²) in [6.07, 6.45) is 5.85. The fraction of sp³-hybridized carbons (Fsp3) is 0.364. The summed E-state index contributed by atoms with van der Waals surface area (Å²) in [5.41, 5.74) is 0. The van der Waals surface area contributed by atoms with Crippen LogP contribution in [0.2, 0.25) is 0 Å². The first-order chi connectivity index (χ1) is 7.40. The Kier molecular flexibility index (Phi) is 3.53. The molecule has 2 heterocycles. The molecule has 0 bridgehead atoms. The van der Waals surface area contributed by atoms with Gasteiger partial charge >= 0.3 is 0 Å². The fourth-order valence-corrected chi connectivity index (χ4v) is 2.30. The molecule has 0 aromatic carbocycles. The zero-order valence-electron chi connectivity index (χ0n) is 8.69. The Labute approximate surface area is 93.2 Å². The Hall–Kier alpha value is -1.13. The van der Waals surface area contributed by atoms with Crippen LogP contribution in [-0.4, -0.2) is 18.6 Å². The highest BCUT2D eigenvalue weighted by Gasteiger charge is 2.06. The van der Waals surface area contributed by atoms with Crippen LogP contribution in [0.4, 0.5) is 0 Å². The Morgan fingerprint density at radius 2 is 2.47 bits per heavy atom. The van der Waals surface area contributed by atoms with Crippen LogP contribution in [0, 0.1) is 0 Å². The maximum absolute atomic E-state index is 5.29. The molecule has 0 radical (unpaired) electrons. The topological polar surface area (TPSA) is 38.1 Å². The van der Waals surface area contributed by atoms with Crippen molar-refractivity contribution in [3.63, 3.8) is 0 Å². The Bertz CT molecular complexity index is 394. The van der Waals surface area contributed by atoms with Crippen molar-refractivity contribution in [2.24, 2.45) is 0 Å². The molecule has 0 spiro atoms. The second kappa shape index (κ2) is 5.09. The highest BCUT2D eigenvalue weighted by atomic mass is 32.1. The molecule has 0 aliphatic carbocycles. The van der Waals surface area contributed by atoms with Gasteiger partial charge in [-0.1, -0.05) is 0 Å². The van der Waals surface area contributed by atoms with E-state index < -0.39 is 0 Å². The van der Waals surface area contributed by atoms with Crippen molar-refractivity contribution in [3.05, 3.63) is 29.5 Å². The molecule has 0 aliphatic heterocycles. The molecule has 4 heteroatoms. The van der Waals surface area contributed by atoms with E-state index in [0.717, 1.165) is 30.2 Å². The number of rotatable bonds is 5. The van der Waals surface area contributed by atoms with Crippen molar-refractivity contribution in [3.8, 4) is 10.8 Å². The van der Waals surface area contributed by atoms with Crippen LogP contribution in [0.1, 0.15) is 11.3 Å². The summed E-state index contributed by atoms with van der Waals surface area (Å²) in [6.45, 7) is 1.05. The minimum atomic E-state index is 0.861. The lowest BCUT2D eigenvalue weighted by atomic mass is 10.3. The number of aryl methyl sites for hydroxylation is 1. The lowest BCUT2D eigenvalue weighted by Crippen LogP contribution is -2.07. The zero-order valence-corrected chi connectivity index (χ0v) is 9.51. The number of nitrogens with one attached hydrogen (secondary N) is 1. The second-order valence-corrected chi connectivity index (χ2v) is 4.43. The van der Waals surface area contributed by atoms with E-state index in [-0.39, 0.29) is 0 Å². The van der Waals surface area contributed by atoms with Crippen LogP contribution < -0.4 is 5.32 Å². The van der Waals surface area contributed by atoms with E-state index in [1.165, 1.54) is 4.88 Å². The van der Waals surface area contributed by atoms with Crippen molar-refractivity contribution in [1.82, 2.24) is 10.3 Å². The second-order valence-electron chi connectivity index (χ2n) is 3.32. The van der Waals surface area contributed by atoms with Crippen LogP contribution in [0.5, 0.6) is 0 Å². The summed E-state index contributed by atoms with van der Waals surface area (Å²) in [7, 11) is 1.97. The number of hydrogen-bond acceptors (Lipinski definition) is 4. The molecular weight excluding hydrogens is 208 g/mol. The van der Waals surface area contributed by atoms with Gasteiger partial charge in [-0.3, -0.25) is 0 Å². The first-order valence-corrected chi connectivity index (χ1v) is 5.85. The van der Waals surface area contributed by atoms with Gasteiger partial charge in [-0.25, -0.2) is 4.98 Å². The van der Waals surface area contributed by atoms with E-state index in [4.69, 9.17) is 4.42 Å². The maximum Gasteiger partial charge on any atom is 0.162 e. The molecule has 2 aromatic rings. The average Bonchev–Trinajstić information content (AvgIpc) is 2.87. The normalized spacial score (nSPS) is 10.7. The number of hydrogen-bond donors (Lipinski definition) is 1. The van der Waals surface area contributed by atoms with Gasteiger partial charge in [0, 0.05) is 11.1 Å². The standard InChI is InChI=1S/C11H14N2OS/c1-12-6-2-4-9-8-13-11(15-9)10-5-3-7-14-10/h3,5,7-8,12H,2,4,6H2,1H3. The molecule has 3 nitrogen and oxygen atoms in total. The molecule has 1 N–H and O–H groups in total. The van der Waals surface area contributed by atoms with E-state index in [1.54, 1.807) is 17.6 Å². The third-order valence-corrected chi connectivity index (χ3v) is 3.21. The van der Waals surface area contributed by atoms with Gasteiger partial charge in [-0.15, -0.1) is 11.3 Å². The van der Waals surface area contributed by atoms with E-state index >= 15 is 0 Å². The third-order valence-electron chi connectivity index (χ3n) is 2.14. The number of furan rings is 1. The van der Waals surface area contributed by atoms with E-state index in [1.807, 2.05) is 25.4 Å². The average molecular weight is 222 g/mol. The van der Waals surface area contributed by atoms with Gasteiger partial charge < -0.3 is 9.73 Å². The van der Waals surface area contributed by atoms with Gasteiger partial charge in [0.1, 0.15) is 0 Å². The van der Waals surface area contributed by atoms with Gasteiger partial charge in [0.15, 0.2) is 10.8 Å². The van der Waals surface area contributed by atoms with E-state index in [9.17, 15) is 0 Å². The summed E-state index contributed by atoms with van der Waals surface area (Å²) in [6, 6.07) is 3.83. The van der Waals surface area contributed by atoms with E-state index in [2.05, 4.69) is 10.3 Å². The summed E-state index contributed by atoms with van der Waals surface area (Å²) in [5.74, 6) is 0.861. The summed E-state index contributed by atoms with van der Waals surface area (Å²) in [5, 5.41) is 4.11. The van der Waals surface area contributed by atoms with E-state index in [0.29, 0.717) is 0 Å². The van der Waals surface area contributed by atoms with Crippen molar-refractivity contribution < 1.29 is 4.42 Å². The van der Waals surface area contributed by atoms with Gasteiger partial charge in [0.25, 0.3) is 0 Å². The molecule has 0 saturated heterocycles. The number of thiazole rings is 1. The Morgan fingerprint density at radius 3 is 3.20 bits per heavy atom. The molecule has 0 fully saturated rings. The van der Waals surface area contributed by atoms with Crippen LogP contribution in [0.25, 0.3) is 10.8 Å². The fourth-order valence-electron chi connectivity index (χ4n) is 1.38. The van der Waals surface area contributed by atoms with Crippen LogP contribution in [0.15, 0.2) is 29.0 Å². The first kappa shape index (κ1) is 10.4. The highest BCUT2D eigenvalue weighted by molar-refractivity contribution is 7.14. The number of aromatic nitrogens is 1. The molecule has 0 unspecified atom stereocenters. The number of nitrogens with zero attached hydrogens (tertiary/aromatic N) is 1. The molecule has 80 valence electrons. The van der Waals surface area contributed by atoms with Gasteiger partial charge in [-0.2, -0.15) is 0 Å². The first-order valence-electron chi connectivity index (χ1n) is 5.03. The minimum Gasteiger partial charge on any atom is -0.462 e. The third kappa shape index (κ3) is 2.67. The quantitative estimate of drug-likeness (QED) is 0.790. The lowest BCUT2D eigenvalue weighted by molar-refractivity contribution is 0.582. The molecule has 0 amide bonds. The van der Waals surface area contributed by atoms with Gasteiger partial charge in [-0.05, 0) is 38.6 Å². The monoisotopic (exact) mass is 222 g/mol. The molecule has 0 atom stereocenters. The summed E-state index contributed by atoms with van der Waals surface area (Å²) < 4.78 is 5.29. The van der Waals surface area contributed by atoms with Crippen LogP contribution in [-0.2, 0) is 6.42 Å². The van der Waals surface area contributed by atoms with Gasteiger partial charge in [0.2, 0.25) is 0 Å². The highest BCUT2D eigenvalue weighted by Crippen LogP contribution is 2.25. The molecule has 2 rings (SSSR count).